The molecule has 1 fully saturated rings. The van der Waals surface area contributed by atoms with E-state index in [4.69, 9.17) is 0 Å². The van der Waals surface area contributed by atoms with Crippen molar-refractivity contribution in [3.63, 3.8) is 0 Å². The molecular weight excluding hydrogens is 865 g/mol. The van der Waals surface area contributed by atoms with Crippen molar-refractivity contribution in [1.29, 1.82) is 0 Å². The quantitative estimate of drug-likeness (QED) is 0.191. The Morgan fingerprint density at radius 1 is 0.509 bits per heavy atom. The summed E-state index contributed by atoms with van der Waals surface area (Å²) in [5, 5.41) is 0. The molecule has 0 spiro atoms. The highest BCUT2D eigenvalue weighted by Gasteiger charge is 2.89. The van der Waals surface area contributed by atoms with Crippen LogP contribution in [0.3, 0.4) is 0 Å². The molecule has 4 heterocycles. The molecule has 2 atom stereocenters. The topological polar surface area (TPSA) is 68.3 Å². The highest BCUT2D eigenvalue weighted by atomic mass is 32.2. The van der Waals surface area contributed by atoms with E-state index in [9.17, 15) is 26.3 Å². The van der Waals surface area contributed by atoms with Crippen molar-refractivity contribution in [1.82, 2.24) is 0 Å². The van der Waals surface area contributed by atoms with E-state index in [1.807, 2.05) is 0 Å². The summed E-state index contributed by atoms with van der Waals surface area (Å²) >= 11 is 0.678. The Morgan fingerprint density at radius 2 is 0.807 bits per heavy atom. The zero-order valence-electron chi connectivity index (χ0n) is 29.2. The molecule has 4 aliphatic rings. The second-order valence-electron chi connectivity index (χ2n) is 14.8. The first-order valence-electron chi connectivity index (χ1n) is 16.8. The number of fused-ring (bicyclic) bond motifs is 8. The zero-order chi connectivity index (χ0) is 42.2. The van der Waals surface area contributed by atoms with E-state index in [2.05, 4.69) is 0 Å². The van der Waals surface area contributed by atoms with Gasteiger partial charge < -0.3 is 0 Å². The lowest BCUT2D eigenvalue weighted by atomic mass is 9.61. The van der Waals surface area contributed by atoms with Crippen molar-refractivity contribution in [3.05, 3.63) is 92.7 Å². The average Bonchev–Trinajstić information content (AvgIpc) is 3.84. The van der Waals surface area contributed by atoms with Crippen molar-refractivity contribution in [2.75, 3.05) is 0 Å². The molecule has 2 aromatic heterocycles. The first kappa shape index (κ1) is 40.2. The van der Waals surface area contributed by atoms with Gasteiger partial charge in [0.2, 0.25) is 0 Å². The number of sulfone groups is 2. The van der Waals surface area contributed by atoms with Crippen LogP contribution in [0.2, 0.25) is 0 Å². The fraction of sp³-hybridized carbons (Fsp3) is 0.351. The molecule has 20 heteroatoms. The Morgan fingerprint density at radius 3 is 1.07 bits per heavy atom. The maximum atomic E-state index is 16.6. The van der Waals surface area contributed by atoms with E-state index in [1.165, 1.54) is 0 Å². The number of allylic oxidation sites excluding steroid dienone is 2. The summed E-state index contributed by atoms with van der Waals surface area (Å²) in [7, 11) is -10.8. The van der Waals surface area contributed by atoms with Crippen LogP contribution in [0.25, 0.3) is 32.0 Å². The normalized spacial score (nSPS) is 26.1. The molecule has 2 aliphatic heterocycles. The van der Waals surface area contributed by atoms with Gasteiger partial charge in [-0.25, -0.2) is 16.8 Å². The highest BCUT2D eigenvalue weighted by Crippen LogP contribution is 2.79. The lowest BCUT2D eigenvalue weighted by Crippen LogP contribution is -2.67. The molecule has 0 saturated heterocycles. The molecule has 2 aromatic carbocycles. The molecule has 4 nitrogen and oxygen atoms in total. The second kappa shape index (κ2) is 11.3. The third-order valence-electron chi connectivity index (χ3n) is 11.4. The summed E-state index contributed by atoms with van der Waals surface area (Å²) in [5.74, 6) is -21.1. The SMILES string of the molecule is CC(C)C12C(=C3C(=C4c5sc(-c6ccc(C(F)(F)F)cc6)cc5S(=O)(=O)C41C(C)C)C(F)(F)C(F)(F)C3(F)F)c1sc(-c3ccc(C(F)(F)F)cc3)cc1S2(=O)=O. The minimum Gasteiger partial charge on any atom is -0.223 e. The number of rotatable bonds is 4. The van der Waals surface area contributed by atoms with Crippen LogP contribution in [0.15, 0.2) is 81.6 Å². The summed E-state index contributed by atoms with van der Waals surface area (Å²) in [4.78, 5) is -3.54. The summed E-state index contributed by atoms with van der Waals surface area (Å²) < 4.78 is 233. The van der Waals surface area contributed by atoms with Crippen LogP contribution in [-0.2, 0) is 32.0 Å². The largest absolute Gasteiger partial charge is 0.416 e. The molecule has 2 aliphatic carbocycles. The number of halogens is 12. The lowest BCUT2D eigenvalue weighted by molar-refractivity contribution is -0.257. The molecule has 0 N–H and O–H groups in total. The molecule has 0 amide bonds. The van der Waals surface area contributed by atoms with Crippen LogP contribution in [0.1, 0.15) is 48.6 Å². The third kappa shape index (κ3) is 4.42. The molecule has 0 radical (unpaired) electrons. The van der Waals surface area contributed by atoms with Crippen molar-refractivity contribution in [2.24, 2.45) is 11.8 Å². The molecular formula is C37H24F12O4S4. The minimum absolute atomic E-state index is 0.0792. The maximum absolute atomic E-state index is 16.6. The van der Waals surface area contributed by atoms with Gasteiger partial charge in [0.1, 0.15) is 9.49 Å². The van der Waals surface area contributed by atoms with Gasteiger partial charge in [-0.2, -0.15) is 52.7 Å². The van der Waals surface area contributed by atoms with Crippen LogP contribution in [0.5, 0.6) is 0 Å². The summed E-state index contributed by atoms with van der Waals surface area (Å²) in [5.41, 5.74) is -9.03. The van der Waals surface area contributed by atoms with Crippen molar-refractivity contribution in [3.8, 4) is 20.9 Å². The molecule has 0 bridgehead atoms. The van der Waals surface area contributed by atoms with Gasteiger partial charge >= 0.3 is 30.1 Å². The number of benzene rings is 2. The Hall–Kier alpha value is -3.62. The molecule has 1 saturated carbocycles. The predicted octanol–water partition coefficient (Wildman–Crippen LogP) is 11.7. The lowest BCUT2D eigenvalue weighted by Gasteiger charge is -2.53. The van der Waals surface area contributed by atoms with Gasteiger partial charge in [0.15, 0.2) is 19.7 Å². The van der Waals surface area contributed by atoms with Crippen molar-refractivity contribution < 1.29 is 69.5 Å². The fourth-order valence-corrected chi connectivity index (χ4v) is 19.0. The first-order chi connectivity index (χ1) is 26.0. The molecule has 57 heavy (non-hydrogen) atoms. The fourth-order valence-electron chi connectivity index (χ4n) is 9.19. The Kier molecular flexibility index (Phi) is 8.00. The monoisotopic (exact) mass is 888 g/mol. The number of alkyl halides is 12. The molecule has 4 aromatic rings. The van der Waals surface area contributed by atoms with Gasteiger partial charge in [-0.15, -0.1) is 22.7 Å². The van der Waals surface area contributed by atoms with Crippen LogP contribution in [0.4, 0.5) is 52.7 Å². The second-order valence-corrected chi connectivity index (χ2v) is 21.1. The van der Waals surface area contributed by atoms with E-state index in [1.54, 1.807) is 0 Å². The summed E-state index contributed by atoms with van der Waals surface area (Å²) in [6, 6.07) is 8.07. The first-order valence-corrected chi connectivity index (χ1v) is 21.4. The van der Waals surface area contributed by atoms with Gasteiger partial charge in [0.05, 0.1) is 30.7 Å². The van der Waals surface area contributed by atoms with Crippen molar-refractivity contribution >= 4 is 53.5 Å². The van der Waals surface area contributed by atoms with E-state index in [0.717, 1.165) is 64.1 Å². The van der Waals surface area contributed by atoms with Crippen LogP contribution >= 0.6 is 22.7 Å². The maximum Gasteiger partial charge on any atom is 0.416 e. The number of thiophene rings is 2. The Bertz CT molecular complexity index is 2530. The van der Waals surface area contributed by atoms with E-state index < -0.39 is 124 Å². The van der Waals surface area contributed by atoms with Crippen LogP contribution in [-0.4, -0.2) is 44.1 Å². The average molecular weight is 889 g/mol. The van der Waals surface area contributed by atoms with Gasteiger partial charge in [-0.1, -0.05) is 52.0 Å². The highest BCUT2D eigenvalue weighted by molar-refractivity contribution is 7.98. The molecule has 8 rings (SSSR count). The molecule has 304 valence electrons. The van der Waals surface area contributed by atoms with E-state index in [0.29, 0.717) is 46.9 Å². The van der Waals surface area contributed by atoms with Crippen molar-refractivity contribution in [2.45, 2.75) is 77.1 Å². The molecule has 2 unspecified atom stereocenters. The summed E-state index contributed by atoms with van der Waals surface area (Å²) in [6.07, 6.45) is -9.57. The van der Waals surface area contributed by atoms with Gasteiger partial charge in [0.25, 0.3) is 0 Å². The Labute approximate surface area is 324 Å². The third-order valence-corrected chi connectivity index (χ3v) is 19.6. The zero-order valence-corrected chi connectivity index (χ0v) is 32.5. The predicted molar refractivity (Wildman–Crippen MR) is 188 cm³/mol. The van der Waals surface area contributed by atoms with Crippen LogP contribution in [0, 0.1) is 11.8 Å². The van der Waals surface area contributed by atoms with Gasteiger partial charge in [0, 0.05) is 32.0 Å². The summed E-state index contributed by atoms with van der Waals surface area (Å²) in [6.45, 7) is 4.54. The van der Waals surface area contributed by atoms with E-state index in [-0.39, 0.29) is 20.9 Å². The van der Waals surface area contributed by atoms with E-state index >= 15 is 43.2 Å². The number of hydrogen-bond donors (Lipinski definition) is 0. The van der Waals surface area contributed by atoms with Crippen LogP contribution < -0.4 is 0 Å². The smallest absolute Gasteiger partial charge is 0.223 e. The minimum atomic E-state index is -6.25. The standard InChI is InChI=1S/C37H24F12O4S4/c1-15(2)31-27(29-23(56(31,50)51)13-21(54-29)17-5-9-19(10-6-17)35(42,43)44)25-26(34(40,41)37(48,49)33(25,38)39)28-30-24(57(52,53)32(28,31)16(3)4)14-22(55-30)18-7-11-20(12-8-18)36(45,46)47/h5-16H,1-4H3. The number of hydrogen-bond acceptors (Lipinski definition) is 6. The van der Waals surface area contributed by atoms with Gasteiger partial charge in [-0.05, 0) is 59.4 Å². The Balaban J connectivity index is 1.52. The van der Waals surface area contributed by atoms with Gasteiger partial charge in [-0.3, -0.25) is 0 Å².